The molecule has 3 nitrogen and oxygen atoms in total. The Morgan fingerprint density at radius 2 is 2.29 bits per heavy atom. The molecule has 0 amide bonds. The zero-order chi connectivity index (χ0) is 12.6. The molecule has 14 heavy (non-hydrogen) atoms. The number of ether oxygens (including phenoxy) is 1. The zero-order valence-corrected chi connectivity index (χ0v) is 9.18. The Hall–Kier alpha value is -1.03. The summed E-state index contributed by atoms with van der Waals surface area (Å²) in [5.74, 6) is 0.163. The highest BCUT2D eigenvalue weighted by atomic mass is 32.2. The van der Waals surface area contributed by atoms with Gasteiger partial charge in [-0.15, -0.1) is 0 Å². The second kappa shape index (κ2) is 4.00. The van der Waals surface area contributed by atoms with Crippen molar-refractivity contribution in [3.8, 4) is 5.75 Å². The van der Waals surface area contributed by atoms with Gasteiger partial charge in [0.05, 0.1) is 12.8 Å². The van der Waals surface area contributed by atoms with Crippen LogP contribution in [0.25, 0.3) is 0 Å². The van der Waals surface area contributed by atoms with Crippen molar-refractivity contribution in [3.05, 3.63) is 23.8 Å². The van der Waals surface area contributed by atoms with Crippen LogP contribution in [0.1, 0.15) is 15.2 Å². The third kappa shape index (κ3) is 2.07. The number of sulfone groups is 1. The molecular formula is C10H14O3S. The van der Waals surface area contributed by atoms with Gasteiger partial charge in [0.2, 0.25) is 0 Å². The third-order valence-corrected chi connectivity index (χ3v) is 3.31. The molecule has 0 aromatic heterocycles. The molecule has 1 aromatic carbocycles. The Kier molecular flexibility index (Phi) is 2.37. The second-order valence-electron chi connectivity index (χ2n) is 2.86. The molecule has 0 spiro atoms. The summed E-state index contributed by atoms with van der Waals surface area (Å²) in [4.78, 5) is -0.109. The first-order chi connectivity index (χ1) is 7.20. The lowest BCUT2D eigenvalue weighted by Crippen LogP contribution is -2.06. The first-order valence-corrected chi connectivity index (χ1v) is 5.58. The van der Waals surface area contributed by atoms with Crippen LogP contribution in [0.3, 0.4) is 0 Å². The molecule has 0 radical (unpaired) electrons. The first-order valence-electron chi connectivity index (χ1n) is 5.09. The quantitative estimate of drug-likeness (QED) is 0.723. The SMILES string of the molecule is [1H][13C]([2H])(C)S(=O)(=O)c1cc(C)ccc1OC. The molecule has 1 rings (SSSR count). The number of methoxy groups -OCH3 is 1. The Balaban J connectivity index is 3.50. The van der Waals surface area contributed by atoms with Crippen molar-refractivity contribution >= 4 is 9.84 Å². The lowest BCUT2D eigenvalue weighted by atomic mass is 10.2. The number of aryl methyl sites for hydroxylation is 1. The van der Waals surface area contributed by atoms with Crippen molar-refractivity contribution in [1.29, 1.82) is 0 Å². The minimum atomic E-state index is -4.03. The maximum Gasteiger partial charge on any atom is 0.181 e. The van der Waals surface area contributed by atoms with E-state index in [0.29, 0.717) is 0 Å². The van der Waals surface area contributed by atoms with Crippen molar-refractivity contribution in [1.82, 2.24) is 0 Å². The largest absolute Gasteiger partial charge is 0.495 e. The van der Waals surface area contributed by atoms with Crippen LogP contribution >= 0.6 is 0 Å². The minimum absolute atomic E-state index is 0.109. The van der Waals surface area contributed by atoms with Gasteiger partial charge in [-0.2, -0.15) is 0 Å². The summed E-state index contributed by atoms with van der Waals surface area (Å²) in [6, 6.07) is 4.65. The Morgan fingerprint density at radius 3 is 2.79 bits per heavy atom. The van der Waals surface area contributed by atoms with Gasteiger partial charge in [0.1, 0.15) is 10.6 Å². The molecule has 0 bridgehead atoms. The van der Waals surface area contributed by atoms with Gasteiger partial charge in [-0.25, -0.2) is 8.42 Å². The molecule has 78 valence electrons. The molecule has 0 aliphatic rings. The maximum atomic E-state index is 11.9. The molecule has 0 N–H and O–H groups in total. The van der Waals surface area contributed by atoms with Gasteiger partial charge in [0.25, 0.3) is 0 Å². The monoisotopic (exact) mass is 216 g/mol. The smallest absolute Gasteiger partial charge is 0.181 e. The summed E-state index contributed by atoms with van der Waals surface area (Å²) >= 11 is 0. The van der Waals surface area contributed by atoms with E-state index in [2.05, 4.69) is 0 Å². The highest BCUT2D eigenvalue weighted by Gasteiger charge is 2.17. The van der Waals surface area contributed by atoms with E-state index in [9.17, 15) is 8.42 Å². The molecule has 0 saturated carbocycles. The molecule has 0 saturated heterocycles. The van der Waals surface area contributed by atoms with Crippen molar-refractivity contribution < 1.29 is 15.9 Å². The van der Waals surface area contributed by atoms with E-state index in [4.69, 9.17) is 7.48 Å². The fourth-order valence-corrected chi connectivity index (χ4v) is 2.08. The van der Waals surface area contributed by atoms with Crippen LogP contribution in [-0.2, 0) is 9.84 Å². The van der Waals surface area contributed by atoms with Crippen LogP contribution in [0.4, 0.5) is 0 Å². The molecule has 1 atom stereocenters. The van der Waals surface area contributed by atoms with E-state index in [-0.39, 0.29) is 10.6 Å². The number of benzene rings is 1. The van der Waals surface area contributed by atoms with Gasteiger partial charge in [-0.3, -0.25) is 0 Å². The maximum absolute atomic E-state index is 11.9. The van der Waals surface area contributed by atoms with Crippen molar-refractivity contribution in [2.45, 2.75) is 18.7 Å². The lowest BCUT2D eigenvalue weighted by molar-refractivity contribution is 0.402. The van der Waals surface area contributed by atoms with Gasteiger partial charge < -0.3 is 4.74 Å². The minimum Gasteiger partial charge on any atom is -0.495 e. The van der Waals surface area contributed by atoms with Gasteiger partial charge in [-0.1, -0.05) is 13.0 Å². The molecular weight excluding hydrogens is 201 g/mol. The standard InChI is InChI=1S/C10H14O3S/c1-4-14(11,12)10-7-8(2)5-6-9(10)13-3/h5-7H,4H2,1-3H3/i4+1DH. The van der Waals surface area contributed by atoms with Crippen molar-refractivity contribution in [3.63, 3.8) is 0 Å². The van der Waals surface area contributed by atoms with E-state index < -0.39 is 15.5 Å². The molecule has 0 fully saturated rings. The third-order valence-electron chi connectivity index (χ3n) is 1.88. The van der Waals surface area contributed by atoms with Crippen LogP contribution in [-0.4, -0.2) is 21.2 Å². The van der Waals surface area contributed by atoms with Crippen LogP contribution in [0.15, 0.2) is 23.1 Å². The summed E-state index contributed by atoms with van der Waals surface area (Å²) in [5, 5.41) is 0. The van der Waals surface area contributed by atoms with Crippen LogP contribution in [0, 0.1) is 6.92 Å². The predicted octanol–water partition coefficient (Wildman–Crippen LogP) is 1.80. The Bertz CT molecular complexity index is 489. The summed E-state index contributed by atoms with van der Waals surface area (Å²) in [6.45, 7) is 2.76. The number of hydrogen-bond donors (Lipinski definition) is 0. The predicted molar refractivity (Wildman–Crippen MR) is 55.5 cm³/mol. The van der Waals surface area contributed by atoms with E-state index in [1.54, 1.807) is 13.0 Å². The van der Waals surface area contributed by atoms with E-state index in [1.165, 1.54) is 19.2 Å². The normalized spacial score (nSPS) is 17.9. The molecule has 4 heteroatoms. The summed E-state index contributed by atoms with van der Waals surface area (Å²) in [7, 11) is -2.68. The highest BCUT2D eigenvalue weighted by Crippen LogP contribution is 2.25. The van der Waals surface area contributed by atoms with Crippen molar-refractivity contribution in [2.75, 3.05) is 12.8 Å². The van der Waals surface area contributed by atoms with Crippen LogP contribution in [0.2, 0.25) is 0 Å². The average molecular weight is 216 g/mol. The Morgan fingerprint density at radius 1 is 1.64 bits per heavy atom. The van der Waals surface area contributed by atoms with Gasteiger partial charge in [0.15, 0.2) is 9.84 Å². The first kappa shape index (κ1) is 8.29. The second-order valence-corrected chi connectivity index (χ2v) is 4.72. The van der Waals surface area contributed by atoms with Gasteiger partial charge in [0, 0.05) is 2.74 Å². The molecule has 0 aliphatic heterocycles. The van der Waals surface area contributed by atoms with E-state index >= 15 is 0 Å². The van der Waals surface area contributed by atoms with Crippen molar-refractivity contribution in [2.24, 2.45) is 0 Å². The lowest BCUT2D eigenvalue weighted by Gasteiger charge is -2.08. The number of rotatable bonds is 3. The summed E-state index contributed by atoms with van der Waals surface area (Å²) in [5.41, 5.74) is -1.59. The summed E-state index contributed by atoms with van der Waals surface area (Å²) in [6.07, 6.45) is 0. The topological polar surface area (TPSA) is 43.4 Å². The van der Waals surface area contributed by atoms with Gasteiger partial charge in [-0.05, 0) is 24.6 Å². The number of hydrogen-bond acceptors (Lipinski definition) is 3. The molecule has 1 aromatic rings. The summed E-state index contributed by atoms with van der Waals surface area (Å²) < 4.78 is 43.5. The zero-order valence-electron chi connectivity index (χ0n) is 10.4. The van der Waals surface area contributed by atoms with Crippen LogP contribution < -0.4 is 4.74 Å². The van der Waals surface area contributed by atoms with E-state index in [0.717, 1.165) is 12.5 Å². The van der Waals surface area contributed by atoms with E-state index in [1.807, 2.05) is 0 Å². The fraction of sp³-hybridized carbons (Fsp3) is 0.400. The average Bonchev–Trinajstić information content (AvgIpc) is 2.16. The fourth-order valence-electron chi connectivity index (χ4n) is 1.10. The highest BCUT2D eigenvalue weighted by molar-refractivity contribution is 7.91. The molecule has 0 heterocycles. The molecule has 0 aliphatic carbocycles. The molecule has 1 unspecified atom stereocenters. The van der Waals surface area contributed by atoms with Crippen LogP contribution in [0.5, 0.6) is 5.75 Å². The Labute approximate surface area is 87.4 Å². The van der Waals surface area contributed by atoms with Gasteiger partial charge >= 0.3 is 0 Å².